The van der Waals surface area contributed by atoms with Gasteiger partial charge in [-0.05, 0) is 25.0 Å². The zero-order chi connectivity index (χ0) is 12.1. The Morgan fingerprint density at radius 2 is 2.12 bits per heavy atom. The number of nitrogens with zero attached hydrogens (tertiary/aromatic N) is 1. The monoisotopic (exact) mass is 239 g/mol. The summed E-state index contributed by atoms with van der Waals surface area (Å²) in [5.74, 6) is 0.538. The van der Waals surface area contributed by atoms with Crippen molar-refractivity contribution in [2.45, 2.75) is 20.8 Å². The average molecular weight is 240 g/mol. The Kier molecular flexibility index (Phi) is 4.81. The molecule has 1 aromatic carbocycles. The lowest BCUT2D eigenvalue weighted by Crippen LogP contribution is -2.28. The number of halogens is 1. The zero-order valence-electron chi connectivity index (χ0n) is 10.0. The Labute approximate surface area is 102 Å². The molecule has 0 fully saturated rings. The molecule has 0 amide bonds. The predicted molar refractivity (Wildman–Crippen MR) is 69.6 cm³/mol. The van der Waals surface area contributed by atoms with Crippen molar-refractivity contribution in [3.05, 3.63) is 28.8 Å². The van der Waals surface area contributed by atoms with Crippen molar-refractivity contribution in [3.63, 3.8) is 0 Å². The Hall–Kier alpha value is -1.02. The summed E-state index contributed by atoms with van der Waals surface area (Å²) in [5, 5.41) is 0.645. The molecule has 0 radical (unpaired) electrons. The summed E-state index contributed by atoms with van der Waals surface area (Å²) in [6, 6.07) is 5.43. The molecule has 0 aromatic heterocycles. The summed E-state index contributed by atoms with van der Waals surface area (Å²) in [7, 11) is 0. The smallest absolute Gasteiger partial charge is 0.152 e. The quantitative estimate of drug-likeness (QED) is 0.732. The molecule has 1 aromatic rings. The lowest BCUT2D eigenvalue weighted by Gasteiger charge is -2.27. The summed E-state index contributed by atoms with van der Waals surface area (Å²) >= 11 is 6.16. The number of rotatable bonds is 5. The molecule has 3 heteroatoms. The van der Waals surface area contributed by atoms with Crippen molar-refractivity contribution in [3.8, 4) is 0 Å². The lowest BCUT2D eigenvalue weighted by atomic mass is 10.1. The van der Waals surface area contributed by atoms with Crippen LogP contribution in [0.2, 0.25) is 5.02 Å². The predicted octanol–water partition coefficient (Wildman–Crippen LogP) is 3.63. The maximum Gasteiger partial charge on any atom is 0.152 e. The second-order valence-electron chi connectivity index (χ2n) is 4.23. The lowest BCUT2D eigenvalue weighted by molar-refractivity contribution is 0.112. The number of para-hydroxylation sites is 1. The molecule has 1 rings (SSSR count). The fourth-order valence-corrected chi connectivity index (χ4v) is 2.08. The number of anilines is 1. The molecule has 88 valence electrons. The molecule has 0 saturated heterocycles. The van der Waals surface area contributed by atoms with Gasteiger partial charge >= 0.3 is 0 Å². The molecule has 0 unspecified atom stereocenters. The number of hydrogen-bond donors (Lipinski definition) is 0. The topological polar surface area (TPSA) is 20.3 Å². The zero-order valence-corrected chi connectivity index (χ0v) is 10.8. The van der Waals surface area contributed by atoms with Crippen LogP contribution in [-0.2, 0) is 0 Å². The van der Waals surface area contributed by atoms with Crippen molar-refractivity contribution in [2.75, 3.05) is 18.0 Å². The van der Waals surface area contributed by atoms with E-state index >= 15 is 0 Å². The van der Waals surface area contributed by atoms with Crippen molar-refractivity contribution in [1.29, 1.82) is 0 Å². The van der Waals surface area contributed by atoms with Gasteiger partial charge in [0.1, 0.15) is 0 Å². The summed E-state index contributed by atoms with van der Waals surface area (Å²) in [5.41, 5.74) is 1.52. The molecular weight excluding hydrogens is 222 g/mol. The van der Waals surface area contributed by atoms with E-state index in [1.807, 2.05) is 6.07 Å². The van der Waals surface area contributed by atoms with Crippen LogP contribution in [0, 0.1) is 5.92 Å². The van der Waals surface area contributed by atoms with Gasteiger partial charge in [0.2, 0.25) is 0 Å². The van der Waals surface area contributed by atoms with E-state index in [0.29, 0.717) is 16.5 Å². The van der Waals surface area contributed by atoms with Crippen LogP contribution in [0.1, 0.15) is 31.1 Å². The summed E-state index contributed by atoms with van der Waals surface area (Å²) in [6.45, 7) is 8.13. The van der Waals surface area contributed by atoms with Gasteiger partial charge in [0.15, 0.2) is 6.29 Å². The van der Waals surface area contributed by atoms with Gasteiger partial charge in [-0.3, -0.25) is 4.79 Å². The van der Waals surface area contributed by atoms with Crippen molar-refractivity contribution in [2.24, 2.45) is 5.92 Å². The van der Waals surface area contributed by atoms with Gasteiger partial charge in [0.05, 0.1) is 10.7 Å². The van der Waals surface area contributed by atoms with Crippen LogP contribution < -0.4 is 4.90 Å². The number of carbonyl (C=O) groups excluding carboxylic acids is 1. The Bertz CT molecular complexity index is 363. The van der Waals surface area contributed by atoms with Crippen LogP contribution in [0.25, 0.3) is 0 Å². The molecule has 2 nitrogen and oxygen atoms in total. The Balaban J connectivity index is 3.12. The van der Waals surface area contributed by atoms with E-state index in [-0.39, 0.29) is 0 Å². The minimum atomic E-state index is 0.538. The van der Waals surface area contributed by atoms with E-state index in [1.54, 1.807) is 12.1 Å². The Morgan fingerprint density at radius 3 is 2.62 bits per heavy atom. The minimum Gasteiger partial charge on any atom is -0.370 e. The van der Waals surface area contributed by atoms with Crippen molar-refractivity contribution >= 4 is 23.6 Å². The summed E-state index contributed by atoms with van der Waals surface area (Å²) < 4.78 is 0. The van der Waals surface area contributed by atoms with E-state index in [1.165, 1.54) is 0 Å². The van der Waals surface area contributed by atoms with E-state index < -0.39 is 0 Å². The number of aldehydes is 1. The van der Waals surface area contributed by atoms with E-state index in [2.05, 4.69) is 25.7 Å². The number of hydrogen-bond acceptors (Lipinski definition) is 2. The molecule has 0 aliphatic rings. The molecule has 0 saturated carbocycles. The second kappa shape index (κ2) is 5.90. The van der Waals surface area contributed by atoms with E-state index in [9.17, 15) is 4.79 Å². The standard InChI is InChI=1S/C13H18ClNO/c1-4-15(8-10(2)3)13-11(9-16)6-5-7-12(13)14/h5-7,9-10H,4,8H2,1-3H3. The fourth-order valence-electron chi connectivity index (χ4n) is 1.78. The highest BCUT2D eigenvalue weighted by atomic mass is 35.5. The SMILES string of the molecule is CCN(CC(C)C)c1c(Cl)cccc1C=O. The van der Waals surface area contributed by atoms with Crippen molar-refractivity contribution < 1.29 is 4.79 Å². The van der Waals surface area contributed by atoms with Gasteiger partial charge in [-0.2, -0.15) is 0 Å². The first kappa shape index (κ1) is 13.0. The third kappa shape index (κ3) is 2.99. The van der Waals surface area contributed by atoms with E-state index in [0.717, 1.165) is 25.1 Å². The second-order valence-corrected chi connectivity index (χ2v) is 4.64. The third-order valence-corrected chi connectivity index (χ3v) is 2.73. The minimum absolute atomic E-state index is 0.538. The van der Waals surface area contributed by atoms with Gasteiger partial charge in [-0.15, -0.1) is 0 Å². The number of carbonyl (C=O) groups is 1. The highest BCUT2D eigenvalue weighted by molar-refractivity contribution is 6.33. The molecule has 0 spiro atoms. The molecule has 16 heavy (non-hydrogen) atoms. The van der Waals surface area contributed by atoms with Crippen LogP contribution in [0.15, 0.2) is 18.2 Å². The molecule has 0 atom stereocenters. The largest absolute Gasteiger partial charge is 0.370 e. The average Bonchev–Trinajstić information content (AvgIpc) is 2.25. The maximum atomic E-state index is 11.0. The fraction of sp³-hybridized carbons (Fsp3) is 0.462. The van der Waals surface area contributed by atoms with Gasteiger partial charge in [0.25, 0.3) is 0 Å². The number of benzene rings is 1. The van der Waals surface area contributed by atoms with Crippen LogP contribution in [-0.4, -0.2) is 19.4 Å². The molecular formula is C13H18ClNO. The van der Waals surface area contributed by atoms with Crippen LogP contribution in [0.3, 0.4) is 0 Å². The molecule has 0 aliphatic carbocycles. The van der Waals surface area contributed by atoms with Crippen LogP contribution >= 0.6 is 11.6 Å². The van der Waals surface area contributed by atoms with Gasteiger partial charge in [-0.25, -0.2) is 0 Å². The first-order valence-electron chi connectivity index (χ1n) is 5.58. The van der Waals surface area contributed by atoms with Crippen LogP contribution in [0.4, 0.5) is 5.69 Å². The molecule has 0 bridgehead atoms. The van der Waals surface area contributed by atoms with Crippen LogP contribution in [0.5, 0.6) is 0 Å². The normalized spacial score (nSPS) is 10.6. The van der Waals surface area contributed by atoms with Crippen molar-refractivity contribution in [1.82, 2.24) is 0 Å². The Morgan fingerprint density at radius 1 is 1.44 bits per heavy atom. The molecule has 0 heterocycles. The first-order chi connectivity index (χ1) is 7.60. The first-order valence-corrected chi connectivity index (χ1v) is 5.96. The third-order valence-electron chi connectivity index (χ3n) is 2.43. The van der Waals surface area contributed by atoms with Gasteiger partial charge in [0, 0.05) is 18.7 Å². The van der Waals surface area contributed by atoms with Gasteiger partial charge in [-0.1, -0.05) is 31.5 Å². The van der Waals surface area contributed by atoms with Gasteiger partial charge < -0.3 is 4.90 Å². The summed E-state index contributed by atoms with van der Waals surface area (Å²) in [4.78, 5) is 13.1. The molecule has 0 aliphatic heterocycles. The summed E-state index contributed by atoms with van der Waals surface area (Å²) in [6.07, 6.45) is 0.865. The highest BCUT2D eigenvalue weighted by Crippen LogP contribution is 2.29. The highest BCUT2D eigenvalue weighted by Gasteiger charge is 2.14. The van der Waals surface area contributed by atoms with E-state index in [4.69, 9.17) is 11.6 Å². The maximum absolute atomic E-state index is 11.0. The molecule has 0 N–H and O–H groups in total.